The Hall–Kier alpha value is -1.44. The fraction of sp³-hybridized carbons (Fsp3) is 0.611. The number of carbonyl (C=O) groups excluding carboxylic acids is 1. The van der Waals surface area contributed by atoms with Crippen molar-refractivity contribution in [2.24, 2.45) is 0 Å². The van der Waals surface area contributed by atoms with Gasteiger partial charge in [-0.2, -0.15) is 4.31 Å². The first-order chi connectivity index (χ1) is 12.1. The molecule has 6 nitrogen and oxygen atoms in total. The average Bonchev–Trinajstić information content (AvgIpc) is 3.07. The highest BCUT2D eigenvalue weighted by molar-refractivity contribution is 7.89. The van der Waals surface area contributed by atoms with Gasteiger partial charge in [-0.1, -0.05) is 25.3 Å². The molecule has 0 bridgehead atoms. The lowest BCUT2D eigenvalue weighted by Gasteiger charge is -2.24. The Labute approximate surface area is 149 Å². The topological polar surface area (TPSA) is 75.7 Å². The summed E-state index contributed by atoms with van der Waals surface area (Å²) in [7, 11) is -3.56. The molecule has 1 atom stereocenters. The Balaban J connectivity index is 1.75. The maximum atomic E-state index is 12.9. The van der Waals surface area contributed by atoms with Crippen LogP contribution in [0.4, 0.5) is 0 Å². The van der Waals surface area contributed by atoms with Gasteiger partial charge in [0.1, 0.15) is 0 Å². The molecule has 1 aromatic carbocycles. The summed E-state index contributed by atoms with van der Waals surface area (Å²) in [6, 6.07) is 6.35. The number of nitrogens with zero attached hydrogens (tertiary/aromatic N) is 1. The minimum absolute atomic E-state index is 0.00196. The Bertz CT molecular complexity index is 691. The standard InChI is InChI=1S/C18H26N2O4S/c21-18(19-16-9-12-24-14-16)15-7-6-8-17(13-15)25(22,23)20-10-4-2-1-3-5-11-20/h6-8,13,16H,1-5,9-12,14H2,(H,19,21)/t16-/m1/s1. The summed E-state index contributed by atoms with van der Waals surface area (Å²) in [5.74, 6) is -0.250. The molecule has 25 heavy (non-hydrogen) atoms. The van der Waals surface area contributed by atoms with E-state index in [2.05, 4.69) is 5.32 Å². The second-order valence-electron chi connectivity index (χ2n) is 6.73. The van der Waals surface area contributed by atoms with Crippen LogP contribution in [0, 0.1) is 0 Å². The zero-order valence-corrected chi connectivity index (χ0v) is 15.3. The lowest BCUT2D eigenvalue weighted by atomic mass is 10.1. The average molecular weight is 366 g/mol. The molecule has 0 aromatic heterocycles. The van der Waals surface area contributed by atoms with Gasteiger partial charge in [0.25, 0.3) is 5.91 Å². The quantitative estimate of drug-likeness (QED) is 0.886. The zero-order valence-electron chi connectivity index (χ0n) is 14.4. The minimum Gasteiger partial charge on any atom is -0.379 e. The van der Waals surface area contributed by atoms with E-state index in [9.17, 15) is 13.2 Å². The SMILES string of the molecule is O=C(N[C@@H]1CCOC1)c1cccc(S(=O)(=O)N2CCCCCCC2)c1. The predicted octanol–water partition coefficient (Wildman–Crippen LogP) is 2.16. The summed E-state index contributed by atoms with van der Waals surface area (Å²) in [4.78, 5) is 12.6. The normalized spacial score (nSPS) is 23.0. The third kappa shape index (κ3) is 4.59. The van der Waals surface area contributed by atoms with E-state index in [1.165, 1.54) is 12.5 Å². The second kappa shape index (κ2) is 8.29. The van der Waals surface area contributed by atoms with Crippen LogP contribution >= 0.6 is 0 Å². The Morgan fingerprint density at radius 3 is 2.52 bits per heavy atom. The first-order valence-corrected chi connectivity index (χ1v) is 10.5. The molecule has 1 aromatic rings. The summed E-state index contributed by atoms with van der Waals surface area (Å²) < 4.78 is 32.7. The number of ether oxygens (including phenoxy) is 1. The van der Waals surface area contributed by atoms with Crippen molar-refractivity contribution in [3.05, 3.63) is 29.8 Å². The van der Waals surface area contributed by atoms with Gasteiger partial charge >= 0.3 is 0 Å². The number of hydrogen-bond acceptors (Lipinski definition) is 4. The van der Waals surface area contributed by atoms with Gasteiger partial charge in [-0.05, 0) is 37.5 Å². The van der Waals surface area contributed by atoms with E-state index >= 15 is 0 Å². The fourth-order valence-electron chi connectivity index (χ4n) is 3.32. The molecule has 0 aliphatic carbocycles. The first kappa shape index (κ1) is 18.4. The molecule has 2 fully saturated rings. The van der Waals surface area contributed by atoms with E-state index in [4.69, 9.17) is 4.74 Å². The third-order valence-corrected chi connectivity index (χ3v) is 6.71. The van der Waals surface area contributed by atoms with E-state index in [0.29, 0.717) is 31.9 Å². The number of nitrogens with one attached hydrogen (secondary N) is 1. The molecule has 1 amide bonds. The van der Waals surface area contributed by atoms with Crippen molar-refractivity contribution >= 4 is 15.9 Å². The molecule has 2 saturated heterocycles. The first-order valence-electron chi connectivity index (χ1n) is 9.06. The highest BCUT2D eigenvalue weighted by atomic mass is 32.2. The van der Waals surface area contributed by atoms with Crippen molar-refractivity contribution in [3.8, 4) is 0 Å². The van der Waals surface area contributed by atoms with Crippen LogP contribution in [0.3, 0.4) is 0 Å². The van der Waals surface area contributed by atoms with E-state index in [1.54, 1.807) is 22.5 Å². The van der Waals surface area contributed by atoms with Gasteiger partial charge in [-0.3, -0.25) is 4.79 Å². The Kier molecular flexibility index (Phi) is 6.09. The molecule has 2 heterocycles. The van der Waals surface area contributed by atoms with Gasteiger partial charge in [0.05, 0.1) is 17.5 Å². The maximum absolute atomic E-state index is 12.9. The molecule has 0 saturated carbocycles. The number of rotatable bonds is 4. The van der Waals surface area contributed by atoms with Gasteiger partial charge in [0.2, 0.25) is 10.0 Å². The van der Waals surface area contributed by atoms with Crippen molar-refractivity contribution in [2.75, 3.05) is 26.3 Å². The predicted molar refractivity (Wildman–Crippen MR) is 95.0 cm³/mol. The molecule has 1 N–H and O–H groups in total. The summed E-state index contributed by atoms with van der Waals surface area (Å²) in [6.07, 6.45) is 5.88. The van der Waals surface area contributed by atoms with Crippen molar-refractivity contribution in [1.29, 1.82) is 0 Å². The summed E-state index contributed by atoms with van der Waals surface area (Å²) in [6.45, 7) is 2.27. The second-order valence-corrected chi connectivity index (χ2v) is 8.67. The number of carbonyl (C=O) groups is 1. The molecule has 0 spiro atoms. The van der Waals surface area contributed by atoms with Gasteiger partial charge < -0.3 is 10.1 Å². The van der Waals surface area contributed by atoms with Gasteiger partial charge in [-0.15, -0.1) is 0 Å². The fourth-order valence-corrected chi connectivity index (χ4v) is 4.89. The molecular formula is C18H26N2O4S. The summed E-state index contributed by atoms with van der Waals surface area (Å²) >= 11 is 0. The number of amides is 1. The maximum Gasteiger partial charge on any atom is 0.251 e. The van der Waals surface area contributed by atoms with Crippen LogP contribution in [-0.4, -0.2) is 51.0 Å². The number of benzene rings is 1. The molecule has 0 radical (unpaired) electrons. The monoisotopic (exact) mass is 366 g/mol. The van der Waals surface area contributed by atoms with Crippen molar-refractivity contribution in [3.63, 3.8) is 0 Å². The highest BCUT2D eigenvalue weighted by Crippen LogP contribution is 2.21. The van der Waals surface area contributed by atoms with E-state index in [1.807, 2.05) is 0 Å². The molecule has 0 unspecified atom stereocenters. The van der Waals surface area contributed by atoms with Crippen LogP contribution in [0.2, 0.25) is 0 Å². The van der Waals surface area contributed by atoms with Crippen molar-refractivity contribution in [1.82, 2.24) is 9.62 Å². The van der Waals surface area contributed by atoms with E-state index < -0.39 is 10.0 Å². The highest BCUT2D eigenvalue weighted by Gasteiger charge is 2.26. The molecule has 2 aliphatic heterocycles. The van der Waals surface area contributed by atoms with Gasteiger partial charge in [0, 0.05) is 25.3 Å². The molecule has 7 heteroatoms. The Morgan fingerprint density at radius 2 is 1.84 bits per heavy atom. The largest absolute Gasteiger partial charge is 0.379 e. The number of sulfonamides is 1. The molecular weight excluding hydrogens is 340 g/mol. The van der Waals surface area contributed by atoms with E-state index in [-0.39, 0.29) is 16.8 Å². The summed E-state index contributed by atoms with van der Waals surface area (Å²) in [5, 5.41) is 2.90. The van der Waals surface area contributed by atoms with Crippen molar-refractivity contribution in [2.45, 2.75) is 49.5 Å². The third-order valence-electron chi connectivity index (χ3n) is 4.81. The lowest BCUT2D eigenvalue weighted by molar-refractivity contribution is 0.0929. The Morgan fingerprint density at radius 1 is 1.12 bits per heavy atom. The summed E-state index contributed by atoms with van der Waals surface area (Å²) in [5.41, 5.74) is 0.375. The number of hydrogen-bond donors (Lipinski definition) is 1. The van der Waals surface area contributed by atoms with Crippen LogP contribution in [0.1, 0.15) is 48.9 Å². The van der Waals surface area contributed by atoms with Crippen LogP contribution in [-0.2, 0) is 14.8 Å². The zero-order chi connectivity index (χ0) is 17.7. The van der Waals surface area contributed by atoms with Crippen LogP contribution < -0.4 is 5.32 Å². The van der Waals surface area contributed by atoms with Crippen molar-refractivity contribution < 1.29 is 17.9 Å². The molecule has 3 rings (SSSR count). The lowest BCUT2D eigenvalue weighted by Crippen LogP contribution is -2.36. The van der Waals surface area contributed by atoms with Crippen LogP contribution in [0.5, 0.6) is 0 Å². The molecule has 2 aliphatic rings. The van der Waals surface area contributed by atoms with Crippen LogP contribution in [0.25, 0.3) is 0 Å². The van der Waals surface area contributed by atoms with Gasteiger partial charge in [0.15, 0.2) is 0 Å². The molecule has 138 valence electrons. The van der Waals surface area contributed by atoms with E-state index in [0.717, 1.165) is 32.1 Å². The van der Waals surface area contributed by atoms with Crippen LogP contribution in [0.15, 0.2) is 29.2 Å². The van der Waals surface area contributed by atoms with Gasteiger partial charge in [-0.25, -0.2) is 8.42 Å². The minimum atomic E-state index is -3.56. The smallest absolute Gasteiger partial charge is 0.251 e.